The first kappa shape index (κ1) is 20.1. The van der Waals surface area contributed by atoms with Crippen LogP contribution >= 0.6 is 11.6 Å². The van der Waals surface area contributed by atoms with Gasteiger partial charge in [0.15, 0.2) is 11.5 Å². The molecule has 0 aliphatic carbocycles. The third kappa shape index (κ3) is 4.97. The van der Waals surface area contributed by atoms with Crippen molar-refractivity contribution in [1.82, 2.24) is 5.32 Å². The average molecular weight is 398 g/mol. The van der Waals surface area contributed by atoms with Crippen LogP contribution in [0.3, 0.4) is 0 Å². The van der Waals surface area contributed by atoms with Crippen LogP contribution in [0.15, 0.2) is 66.7 Å². The fourth-order valence-electron chi connectivity index (χ4n) is 2.96. The molecule has 5 heteroatoms. The molecule has 0 amide bonds. The summed E-state index contributed by atoms with van der Waals surface area (Å²) in [5, 5.41) is 3.62. The Labute approximate surface area is 171 Å². The van der Waals surface area contributed by atoms with E-state index in [0.29, 0.717) is 36.3 Å². The lowest BCUT2D eigenvalue weighted by atomic mass is 10.1. The standard InChI is InChI=1S/C23H24ClNO3/c1-25-16-17-14-20(24)23(22(15-17)26-2)28-13-12-27-21-11-7-6-10-19(21)18-8-4-3-5-9-18/h3-11,14-15,25H,12-13,16H2,1-2H3. The van der Waals surface area contributed by atoms with E-state index in [4.69, 9.17) is 25.8 Å². The summed E-state index contributed by atoms with van der Waals surface area (Å²) < 4.78 is 17.3. The number of methoxy groups -OCH3 is 1. The lowest BCUT2D eigenvalue weighted by Gasteiger charge is -2.15. The number of halogens is 1. The van der Waals surface area contributed by atoms with Crippen LogP contribution in [0.25, 0.3) is 11.1 Å². The van der Waals surface area contributed by atoms with Crippen LogP contribution in [-0.2, 0) is 6.54 Å². The quantitative estimate of drug-likeness (QED) is 0.504. The predicted octanol–water partition coefficient (Wildman–Crippen LogP) is 5.19. The lowest BCUT2D eigenvalue weighted by molar-refractivity contribution is 0.212. The second-order valence-corrected chi connectivity index (χ2v) is 6.61. The van der Waals surface area contributed by atoms with E-state index in [2.05, 4.69) is 17.4 Å². The zero-order valence-corrected chi connectivity index (χ0v) is 16.8. The summed E-state index contributed by atoms with van der Waals surface area (Å²) in [6.07, 6.45) is 0. The Morgan fingerprint density at radius 3 is 2.32 bits per heavy atom. The monoisotopic (exact) mass is 397 g/mol. The summed E-state index contributed by atoms with van der Waals surface area (Å²) in [4.78, 5) is 0. The van der Waals surface area contributed by atoms with Crippen LogP contribution in [0.5, 0.6) is 17.2 Å². The normalized spacial score (nSPS) is 10.5. The predicted molar refractivity (Wildman–Crippen MR) is 114 cm³/mol. The molecule has 0 fully saturated rings. The first-order chi connectivity index (χ1) is 13.7. The van der Waals surface area contributed by atoms with Crippen molar-refractivity contribution in [3.05, 3.63) is 77.3 Å². The van der Waals surface area contributed by atoms with Crippen LogP contribution in [0.4, 0.5) is 0 Å². The number of ether oxygens (including phenoxy) is 3. The second-order valence-electron chi connectivity index (χ2n) is 6.20. The molecule has 3 aromatic rings. The van der Waals surface area contributed by atoms with Gasteiger partial charge in [-0.3, -0.25) is 0 Å². The Bertz CT molecular complexity index is 900. The van der Waals surface area contributed by atoms with Crippen LogP contribution < -0.4 is 19.5 Å². The van der Waals surface area contributed by atoms with Gasteiger partial charge >= 0.3 is 0 Å². The van der Waals surface area contributed by atoms with E-state index < -0.39 is 0 Å². The van der Waals surface area contributed by atoms with E-state index in [1.54, 1.807) is 7.11 Å². The molecule has 0 saturated heterocycles. The molecule has 0 saturated carbocycles. The maximum absolute atomic E-state index is 6.38. The zero-order chi connectivity index (χ0) is 19.8. The summed E-state index contributed by atoms with van der Waals surface area (Å²) >= 11 is 6.38. The number of para-hydroxylation sites is 1. The van der Waals surface area contributed by atoms with Crippen molar-refractivity contribution in [1.29, 1.82) is 0 Å². The highest BCUT2D eigenvalue weighted by molar-refractivity contribution is 6.32. The van der Waals surface area contributed by atoms with Crippen LogP contribution in [0.1, 0.15) is 5.56 Å². The van der Waals surface area contributed by atoms with Gasteiger partial charge in [-0.05, 0) is 36.4 Å². The molecule has 0 aliphatic heterocycles. The van der Waals surface area contributed by atoms with Gasteiger partial charge in [0.05, 0.1) is 12.1 Å². The largest absolute Gasteiger partial charge is 0.493 e. The number of rotatable bonds is 9. The highest BCUT2D eigenvalue weighted by atomic mass is 35.5. The van der Waals surface area contributed by atoms with Crippen LogP contribution in [0.2, 0.25) is 5.02 Å². The first-order valence-electron chi connectivity index (χ1n) is 9.14. The molecule has 3 rings (SSSR count). The Morgan fingerprint density at radius 2 is 1.57 bits per heavy atom. The van der Waals surface area contributed by atoms with E-state index in [9.17, 15) is 0 Å². The van der Waals surface area contributed by atoms with Crippen LogP contribution in [-0.4, -0.2) is 27.4 Å². The third-order valence-corrected chi connectivity index (χ3v) is 4.51. The molecule has 0 aliphatic rings. The summed E-state index contributed by atoms with van der Waals surface area (Å²) in [6, 6.07) is 21.9. The van der Waals surface area contributed by atoms with Gasteiger partial charge in [-0.25, -0.2) is 0 Å². The van der Waals surface area contributed by atoms with Gasteiger partial charge in [0, 0.05) is 12.1 Å². The minimum absolute atomic E-state index is 0.352. The molecule has 0 atom stereocenters. The lowest BCUT2D eigenvalue weighted by Crippen LogP contribution is -2.11. The van der Waals surface area contributed by atoms with Crippen molar-refractivity contribution < 1.29 is 14.2 Å². The van der Waals surface area contributed by atoms with Gasteiger partial charge in [-0.1, -0.05) is 60.1 Å². The molecule has 4 nitrogen and oxygen atoms in total. The maximum Gasteiger partial charge on any atom is 0.179 e. The van der Waals surface area contributed by atoms with Crippen molar-refractivity contribution >= 4 is 11.6 Å². The van der Waals surface area contributed by atoms with Crippen molar-refractivity contribution in [3.63, 3.8) is 0 Å². The molecular weight excluding hydrogens is 374 g/mol. The van der Waals surface area contributed by atoms with Gasteiger partial charge < -0.3 is 19.5 Å². The van der Waals surface area contributed by atoms with E-state index in [1.165, 1.54) is 0 Å². The molecule has 146 valence electrons. The van der Waals surface area contributed by atoms with Crippen molar-refractivity contribution in [3.8, 4) is 28.4 Å². The second kappa shape index (κ2) is 10.0. The molecule has 0 spiro atoms. The van der Waals surface area contributed by atoms with Gasteiger partial charge in [0.2, 0.25) is 0 Å². The molecule has 3 aromatic carbocycles. The molecule has 1 N–H and O–H groups in total. The Hall–Kier alpha value is -2.69. The van der Waals surface area contributed by atoms with E-state index in [1.807, 2.05) is 61.6 Å². The molecular formula is C23H24ClNO3. The van der Waals surface area contributed by atoms with Gasteiger partial charge in [0.25, 0.3) is 0 Å². The average Bonchev–Trinajstić information content (AvgIpc) is 2.73. The smallest absolute Gasteiger partial charge is 0.179 e. The number of hydrogen-bond donors (Lipinski definition) is 1. The zero-order valence-electron chi connectivity index (χ0n) is 16.1. The molecule has 0 aromatic heterocycles. The third-order valence-electron chi connectivity index (χ3n) is 4.23. The van der Waals surface area contributed by atoms with Crippen molar-refractivity contribution in [2.45, 2.75) is 6.54 Å². The minimum Gasteiger partial charge on any atom is -0.493 e. The Morgan fingerprint density at radius 1 is 0.857 bits per heavy atom. The number of nitrogens with one attached hydrogen (secondary N) is 1. The van der Waals surface area contributed by atoms with E-state index >= 15 is 0 Å². The summed E-state index contributed by atoms with van der Waals surface area (Å²) in [5.74, 6) is 1.96. The van der Waals surface area contributed by atoms with E-state index in [-0.39, 0.29) is 0 Å². The molecule has 0 bridgehead atoms. The highest BCUT2D eigenvalue weighted by Crippen LogP contribution is 2.36. The summed E-state index contributed by atoms with van der Waals surface area (Å²) in [5.41, 5.74) is 3.20. The molecule has 0 heterocycles. The fraction of sp³-hybridized carbons (Fsp3) is 0.217. The number of hydrogen-bond acceptors (Lipinski definition) is 4. The van der Waals surface area contributed by atoms with Gasteiger partial charge in [0.1, 0.15) is 19.0 Å². The number of benzene rings is 3. The minimum atomic E-state index is 0.352. The van der Waals surface area contributed by atoms with Crippen LogP contribution in [0, 0.1) is 0 Å². The fourth-order valence-corrected chi connectivity index (χ4v) is 3.25. The van der Waals surface area contributed by atoms with Crippen molar-refractivity contribution in [2.24, 2.45) is 0 Å². The van der Waals surface area contributed by atoms with Gasteiger partial charge in [-0.2, -0.15) is 0 Å². The highest BCUT2D eigenvalue weighted by Gasteiger charge is 2.12. The van der Waals surface area contributed by atoms with E-state index in [0.717, 1.165) is 22.4 Å². The topological polar surface area (TPSA) is 39.7 Å². The molecule has 0 unspecified atom stereocenters. The molecule has 28 heavy (non-hydrogen) atoms. The SMILES string of the molecule is CNCc1cc(Cl)c(OCCOc2ccccc2-c2ccccc2)c(OC)c1. The summed E-state index contributed by atoms with van der Waals surface area (Å²) in [6.45, 7) is 1.45. The Kier molecular flexibility index (Phi) is 7.18. The maximum atomic E-state index is 6.38. The first-order valence-corrected chi connectivity index (χ1v) is 9.51. The summed E-state index contributed by atoms with van der Waals surface area (Å²) in [7, 11) is 3.49. The molecule has 0 radical (unpaired) electrons. The van der Waals surface area contributed by atoms with Gasteiger partial charge in [-0.15, -0.1) is 0 Å². The Balaban J connectivity index is 1.64. The van der Waals surface area contributed by atoms with Crippen molar-refractivity contribution in [2.75, 3.05) is 27.4 Å².